The lowest BCUT2D eigenvalue weighted by molar-refractivity contribution is -0.122. The number of rotatable bonds is 4. The molecule has 0 unspecified atom stereocenters. The van der Waals surface area contributed by atoms with Crippen LogP contribution in [0.4, 0.5) is 5.69 Å². The van der Waals surface area contributed by atoms with Gasteiger partial charge in [0.2, 0.25) is 17.7 Å². The molecule has 0 radical (unpaired) electrons. The van der Waals surface area contributed by atoms with Gasteiger partial charge in [0, 0.05) is 24.7 Å². The van der Waals surface area contributed by atoms with Gasteiger partial charge in [-0.3, -0.25) is 4.79 Å². The average molecular weight is 349 g/mol. The smallest absolute Gasteiger partial charge is 0.247 e. The number of fused-ring (bicyclic) bond motifs is 1. The highest BCUT2D eigenvalue weighted by molar-refractivity contribution is 6.07. The van der Waals surface area contributed by atoms with Gasteiger partial charge < -0.3 is 14.1 Å². The molecule has 0 saturated heterocycles. The Hall–Kier alpha value is -3.15. The predicted molar refractivity (Wildman–Crippen MR) is 97.2 cm³/mol. The van der Waals surface area contributed by atoms with E-state index in [4.69, 9.17) is 9.15 Å². The van der Waals surface area contributed by atoms with E-state index in [1.165, 1.54) is 0 Å². The number of ether oxygens (including phenoxy) is 1. The highest BCUT2D eigenvalue weighted by atomic mass is 16.5. The van der Waals surface area contributed by atoms with Crippen LogP contribution in [0.5, 0.6) is 5.75 Å². The Morgan fingerprint density at radius 1 is 1.15 bits per heavy atom. The van der Waals surface area contributed by atoms with E-state index in [9.17, 15) is 4.79 Å². The second-order valence-corrected chi connectivity index (χ2v) is 6.62. The van der Waals surface area contributed by atoms with Gasteiger partial charge in [0.25, 0.3) is 0 Å². The largest absolute Gasteiger partial charge is 0.497 e. The fraction of sp³-hybridized carbons (Fsp3) is 0.250. The maximum Gasteiger partial charge on any atom is 0.247 e. The van der Waals surface area contributed by atoms with E-state index < -0.39 is 5.41 Å². The third-order valence-electron chi connectivity index (χ3n) is 4.92. The van der Waals surface area contributed by atoms with Gasteiger partial charge in [-0.2, -0.15) is 0 Å². The van der Waals surface area contributed by atoms with Crippen LogP contribution in [0.15, 0.2) is 52.9 Å². The summed E-state index contributed by atoms with van der Waals surface area (Å²) in [5.74, 6) is 1.59. The molecular weight excluding hydrogens is 330 g/mol. The van der Waals surface area contributed by atoms with E-state index in [1.54, 1.807) is 19.1 Å². The molecule has 3 aromatic rings. The van der Waals surface area contributed by atoms with Gasteiger partial charge in [-0.15, -0.1) is 10.2 Å². The molecule has 4 rings (SSSR count). The molecule has 0 N–H and O–H groups in total. The van der Waals surface area contributed by atoms with E-state index in [0.717, 1.165) is 22.6 Å². The average Bonchev–Trinajstić information content (AvgIpc) is 3.21. The van der Waals surface area contributed by atoms with Crippen LogP contribution in [0.3, 0.4) is 0 Å². The van der Waals surface area contributed by atoms with Crippen LogP contribution in [-0.4, -0.2) is 30.3 Å². The molecule has 0 spiro atoms. The number of methoxy groups -OCH3 is 1. The molecule has 0 aliphatic carbocycles. The molecule has 0 fully saturated rings. The number of nitrogens with zero attached hydrogens (tertiary/aromatic N) is 3. The first kappa shape index (κ1) is 16.3. The number of para-hydroxylation sites is 1. The highest BCUT2D eigenvalue weighted by Crippen LogP contribution is 2.42. The molecule has 26 heavy (non-hydrogen) atoms. The first-order valence-corrected chi connectivity index (χ1v) is 8.37. The first-order valence-electron chi connectivity index (χ1n) is 8.37. The second-order valence-electron chi connectivity index (χ2n) is 6.62. The van der Waals surface area contributed by atoms with Crippen molar-refractivity contribution >= 4 is 11.6 Å². The van der Waals surface area contributed by atoms with Crippen LogP contribution in [0.1, 0.15) is 18.4 Å². The lowest BCUT2D eigenvalue weighted by Gasteiger charge is -2.21. The fourth-order valence-electron chi connectivity index (χ4n) is 3.50. The Morgan fingerprint density at radius 2 is 1.96 bits per heavy atom. The molecule has 0 saturated carbocycles. The number of anilines is 1. The number of hydrogen-bond acceptors (Lipinski definition) is 5. The van der Waals surface area contributed by atoms with Crippen LogP contribution < -0.4 is 9.64 Å². The summed E-state index contributed by atoms with van der Waals surface area (Å²) in [5, 5.41) is 8.30. The second kappa shape index (κ2) is 5.98. The molecule has 0 bridgehead atoms. The molecule has 1 amide bonds. The van der Waals surface area contributed by atoms with Gasteiger partial charge in [-0.05, 0) is 36.8 Å². The van der Waals surface area contributed by atoms with Crippen LogP contribution >= 0.6 is 0 Å². The minimum absolute atomic E-state index is 0.0276. The number of hydrogen-bond donors (Lipinski definition) is 0. The lowest BCUT2D eigenvalue weighted by Crippen LogP contribution is -2.37. The molecule has 6 nitrogen and oxygen atoms in total. The van der Waals surface area contributed by atoms with E-state index >= 15 is 0 Å². The standard InChI is InChI=1S/C20H19N3O3/c1-20(15-9-4-5-10-16(15)23(2)19(20)24)12-17-21-22-18(26-17)13-7-6-8-14(11-13)25-3/h4-11H,12H2,1-3H3/t20-/m1/s1. The van der Waals surface area contributed by atoms with E-state index in [2.05, 4.69) is 10.2 Å². The Labute approximate surface area is 151 Å². The van der Waals surface area contributed by atoms with Crippen molar-refractivity contribution in [2.75, 3.05) is 19.1 Å². The zero-order chi connectivity index (χ0) is 18.3. The molecule has 1 aliphatic heterocycles. The van der Waals surface area contributed by atoms with Crippen molar-refractivity contribution in [3.63, 3.8) is 0 Å². The van der Waals surface area contributed by atoms with Crippen molar-refractivity contribution in [3.05, 3.63) is 60.0 Å². The summed E-state index contributed by atoms with van der Waals surface area (Å²) in [6, 6.07) is 15.2. The summed E-state index contributed by atoms with van der Waals surface area (Å²) >= 11 is 0. The molecule has 6 heteroatoms. The summed E-state index contributed by atoms with van der Waals surface area (Å²) < 4.78 is 11.1. The van der Waals surface area contributed by atoms with E-state index in [-0.39, 0.29) is 5.91 Å². The van der Waals surface area contributed by atoms with E-state index in [0.29, 0.717) is 18.2 Å². The third kappa shape index (κ3) is 2.45. The molecular formula is C20H19N3O3. The van der Waals surface area contributed by atoms with Crippen molar-refractivity contribution in [2.45, 2.75) is 18.8 Å². The summed E-state index contributed by atoms with van der Waals surface area (Å²) in [5.41, 5.74) is 1.97. The minimum Gasteiger partial charge on any atom is -0.497 e. The Kier molecular flexibility index (Phi) is 3.76. The minimum atomic E-state index is -0.719. The van der Waals surface area contributed by atoms with Gasteiger partial charge in [0.05, 0.1) is 12.5 Å². The Bertz CT molecular complexity index is 982. The summed E-state index contributed by atoms with van der Waals surface area (Å²) in [4.78, 5) is 14.6. The fourth-order valence-corrected chi connectivity index (χ4v) is 3.50. The number of aromatic nitrogens is 2. The third-order valence-corrected chi connectivity index (χ3v) is 4.92. The molecule has 1 aromatic heterocycles. The maximum atomic E-state index is 12.9. The van der Waals surface area contributed by atoms with Gasteiger partial charge in [-0.25, -0.2) is 0 Å². The van der Waals surface area contributed by atoms with Crippen LogP contribution in [0.25, 0.3) is 11.5 Å². The summed E-state index contributed by atoms with van der Waals surface area (Å²) in [6.45, 7) is 1.92. The van der Waals surface area contributed by atoms with Crippen molar-refractivity contribution in [2.24, 2.45) is 0 Å². The van der Waals surface area contributed by atoms with Crippen molar-refractivity contribution < 1.29 is 13.9 Å². The summed E-state index contributed by atoms with van der Waals surface area (Å²) in [7, 11) is 3.40. The zero-order valence-electron chi connectivity index (χ0n) is 14.9. The predicted octanol–water partition coefficient (Wildman–Crippen LogP) is 3.22. The maximum absolute atomic E-state index is 12.9. The molecule has 1 atom stereocenters. The number of carbonyl (C=O) groups excluding carboxylic acids is 1. The normalized spacial score (nSPS) is 18.9. The Balaban J connectivity index is 1.66. The number of benzene rings is 2. The summed E-state index contributed by atoms with van der Waals surface area (Å²) in [6.07, 6.45) is 0.351. The van der Waals surface area contributed by atoms with Gasteiger partial charge in [-0.1, -0.05) is 24.3 Å². The topological polar surface area (TPSA) is 68.5 Å². The van der Waals surface area contributed by atoms with Crippen molar-refractivity contribution in [1.29, 1.82) is 0 Å². The number of amides is 1. The molecule has 2 heterocycles. The molecule has 2 aromatic carbocycles. The number of likely N-dealkylation sites (N-methyl/N-ethyl adjacent to an activating group) is 1. The van der Waals surface area contributed by atoms with Crippen LogP contribution in [-0.2, 0) is 16.6 Å². The first-order chi connectivity index (χ1) is 12.5. The SMILES string of the molecule is COc1cccc(-c2nnc(C[C@@]3(C)C(=O)N(C)c4ccccc43)o2)c1. The zero-order valence-corrected chi connectivity index (χ0v) is 14.9. The van der Waals surface area contributed by atoms with Crippen LogP contribution in [0, 0.1) is 0 Å². The molecule has 132 valence electrons. The Morgan fingerprint density at radius 3 is 2.77 bits per heavy atom. The quantitative estimate of drug-likeness (QED) is 0.723. The van der Waals surface area contributed by atoms with Crippen LogP contribution in [0.2, 0.25) is 0 Å². The van der Waals surface area contributed by atoms with Gasteiger partial charge in [0.1, 0.15) is 5.75 Å². The van der Waals surface area contributed by atoms with Crippen molar-refractivity contribution in [1.82, 2.24) is 10.2 Å². The monoisotopic (exact) mass is 349 g/mol. The lowest BCUT2D eigenvalue weighted by atomic mass is 9.80. The van der Waals surface area contributed by atoms with Gasteiger partial charge in [0.15, 0.2) is 0 Å². The highest BCUT2D eigenvalue weighted by Gasteiger charge is 2.46. The van der Waals surface area contributed by atoms with E-state index in [1.807, 2.05) is 55.5 Å². The number of carbonyl (C=O) groups is 1. The molecule has 1 aliphatic rings. The van der Waals surface area contributed by atoms with Gasteiger partial charge >= 0.3 is 0 Å². The van der Waals surface area contributed by atoms with Crippen molar-refractivity contribution in [3.8, 4) is 17.2 Å².